The molecule has 1 heteroatoms. The Kier molecular flexibility index (Phi) is 3.59. The van der Waals surface area contributed by atoms with Crippen LogP contribution < -0.4 is 4.90 Å². The molecule has 0 atom stereocenters. The summed E-state index contributed by atoms with van der Waals surface area (Å²) in [6.07, 6.45) is 11.3. The lowest BCUT2D eigenvalue weighted by atomic mass is 9.98. The third-order valence-electron chi connectivity index (χ3n) is 3.97. The molecule has 0 saturated carbocycles. The average Bonchev–Trinajstić information content (AvgIpc) is 2.56. The molecule has 0 unspecified atom stereocenters. The number of hydrogen-bond donors (Lipinski definition) is 0. The number of benzene rings is 2. The monoisotopic (exact) mass is 277 g/mol. The van der Waals surface area contributed by atoms with Gasteiger partial charge in [0.2, 0.25) is 0 Å². The highest BCUT2D eigenvalue weighted by Crippen LogP contribution is 2.35. The minimum atomic E-state index is 0.0614. The minimum absolute atomic E-state index is 0.0614. The summed E-state index contributed by atoms with van der Waals surface area (Å²) >= 11 is 0. The maximum Gasteiger partial charge on any atom is 0.0490 e. The van der Waals surface area contributed by atoms with Gasteiger partial charge < -0.3 is 4.90 Å². The van der Waals surface area contributed by atoms with E-state index in [0.717, 1.165) is 12.8 Å². The molecule has 2 aromatic carbocycles. The van der Waals surface area contributed by atoms with Crippen molar-refractivity contribution in [3.8, 4) is 0 Å². The Hall–Kier alpha value is -2.02. The van der Waals surface area contributed by atoms with Gasteiger partial charge in [0.25, 0.3) is 0 Å². The Morgan fingerprint density at radius 3 is 2.48 bits per heavy atom. The fourth-order valence-corrected chi connectivity index (χ4v) is 2.91. The van der Waals surface area contributed by atoms with Gasteiger partial charge in [-0.3, -0.25) is 0 Å². The predicted molar refractivity (Wildman–Crippen MR) is 93.6 cm³/mol. The van der Waals surface area contributed by atoms with E-state index in [1.54, 1.807) is 0 Å². The number of rotatable bonds is 0. The van der Waals surface area contributed by atoms with Gasteiger partial charge in [-0.05, 0) is 50.5 Å². The van der Waals surface area contributed by atoms with Crippen molar-refractivity contribution in [2.75, 3.05) is 4.90 Å². The fourth-order valence-electron chi connectivity index (χ4n) is 2.91. The zero-order chi connectivity index (χ0) is 14.9. The van der Waals surface area contributed by atoms with Gasteiger partial charge in [-0.2, -0.15) is 0 Å². The molecule has 108 valence electrons. The Balaban J connectivity index is 2.29. The van der Waals surface area contributed by atoms with E-state index < -0.39 is 0 Å². The first kappa shape index (κ1) is 13.9. The molecule has 3 rings (SSSR count). The molecule has 2 aromatic rings. The van der Waals surface area contributed by atoms with Crippen molar-refractivity contribution >= 4 is 22.5 Å². The van der Waals surface area contributed by atoms with Gasteiger partial charge in [0.05, 0.1) is 0 Å². The van der Waals surface area contributed by atoms with E-state index in [9.17, 15) is 0 Å². The van der Waals surface area contributed by atoms with Gasteiger partial charge in [0.1, 0.15) is 0 Å². The van der Waals surface area contributed by atoms with Crippen molar-refractivity contribution in [3.05, 3.63) is 60.3 Å². The maximum absolute atomic E-state index is 2.39. The molecule has 0 fully saturated rings. The number of nitrogens with zero attached hydrogens (tertiary/aromatic N) is 1. The van der Waals surface area contributed by atoms with Crippen molar-refractivity contribution in [1.29, 1.82) is 0 Å². The molecule has 0 saturated heterocycles. The van der Waals surface area contributed by atoms with E-state index in [1.807, 2.05) is 0 Å². The zero-order valence-electron chi connectivity index (χ0n) is 13.1. The van der Waals surface area contributed by atoms with Crippen molar-refractivity contribution in [2.24, 2.45) is 0 Å². The zero-order valence-corrected chi connectivity index (χ0v) is 13.1. The van der Waals surface area contributed by atoms with Gasteiger partial charge in [-0.15, -0.1) is 0 Å². The largest absolute Gasteiger partial charge is 0.343 e. The topological polar surface area (TPSA) is 3.24 Å². The molecule has 0 aliphatic carbocycles. The van der Waals surface area contributed by atoms with Gasteiger partial charge in [-0.25, -0.2) is 0 Å². The average molecular weight is 277 g/mol. The first-order valence-corrected chi connectivity index (χ1v) is 7.72. The molecule has 0 N–H and O–H groups in total. The van der Waals surface area contributed by atoms with Crippen LogP contribution in [0.5, 0.6) is 0 Å². The standard InChI is InChI=1S/C20H23N/c1-20(2,3)21-15-9-5-4-6-12-18-17-11-8-7-10-16(17)13-14-19(18)21/h6-15H,4-5H2,1-3H3/b12-6+,15-9+. The lowest BCUT2D eigenvalue weighted by Crippen LogP contribution is -2.37. The van der Waals surface area contributed by atoms with E-state index in [4.69, 9.17) is 0 Å². The van der Waals surface area contributed by atoms with Crippen molar-refractivity contribution in [3.63, 3.8) is 0 Å². The summed E-state index contributed by atoms with van der Waals surface area (Å²) in [6, 6.07) is 13.1. The minimum Gasteiger partial charge on any atom is -0.343 e. The van der Waals surface area contributed by atoms with Gasteiger partial charge in [-0.1, -0.05) is 48.6 Å². The van der Waals surface area contributed by atoms with E-state index in [2.05, 4.69) is 86.5 Å². The number of fused-ring (bicyclic) bond motifs is 3. The summed E-state index contributed by atoms with van der Waals surface area (Å²) in [5.74, 6) is 0. The molecule has 0 aromatic heterocycles. The third kappa shape index (κ3) is 2.73. The van der Waals surface area contributed by atoms with E-state index >= 15 is 0 Å². The summed E-state index contributed by atoms with van der Waals surface area (Å²) in [5, 5.41) is 2.63. The van der Waals surface area contributed by atoms with Crippen LogP contribution >= 0.6 is 0 Å². The second-order valence-corrected chi connectivity index (χ2v) is 6.62. The maximum atomic E-state index is 2.39. The molecular formula is C20H23N. The quantitative estimate of drug-likeness (QED) is 0.591. The molecule has 0 bridgehead atoms. The molecule has 0 spiro atoms. The molecular weight excluding hydrogens is 254 g/mol. The van der Waals surface area contributed by atoms with Crippen molar-refractivity contribution in [1.82, 2.24) is 0 Å². The summed E-state index contributed by atoms with van der Waals surface area (Å²) in [7, 11) is 0. The van der Waals surface area contributed by atoms with Crippen LogP contribution in [0.3, 0.4) is 0 Å². The van der Waals surface area contributed by atoms with Crippen LogP contribution in [-0.4, -0.2) is 5.54 Å². The van der Waals surface area contributed by atoms with Crippen molar-refractivity contribution in [2.45, 2.75) is 39.2 Å². The van der Waals surface area contributed by atoms with Crippen LogP contribution in [0.25, 0.3) is 16.8 Å². The first-order chi connectivity index (χ1) is 10.1. The van der Waals surface area contributed by atoms with E-state index in [-0.39, 0.29) is 5.54 Å². The highest BCUT2D eigenvalue weighted by atomic mass is 15.2. The summed E-state index contributed by atoms with van der Waals surface area (Å²) in [6.45, 7) is 6.79. The summed E-state index contributed by atoms with van der Waals surface area (Å²) in [4.78, 5) is 2.39. The normalized spacial score (nSPS) is 18.5. The van der Waals surface area contributed by atoms with Gasteiger partial charge in [0.15, 0.2) is 0 Å². The van der Waals surface area contributed by atoms with Gasteiger partial charge in [0, 0.05) is 23.0 Å². The van der Waals surface area contributed by atoms with Crippen LogP contribution in [0.4, 0.5) is 5.69 Å². The Labute approximate surface area is 127 Å². The molecule has 21 heavy (non-hydrogen) atoms. The smallest absolute Gasteiger partial charge is 0.0490 e. The molecule has 1 nitrogen and oxygen atoms in total. The first-order valence-electron chi connectivity index (χ1n) is 7.72. The molecule has 0 radical (unpaired) electrons. The Morgan fingerprint density at radius 1 is 0.905 bits per heavy atom. The second-order valence-electron chi connectivity index (χ2n) is 6.62. The molecule has 1 aliphatic heterocycles. The molecule has 1 heterocycles. The number of hydrogen-bond acceptors (Lipinski definition) is 1. The fraction of sp³-hybridized carbons (Fsp3) is 0.300. The number of anilines is 1. The van der Waals surface area contributed by atoms with Crippen LogP contribution in [0.15, 0.2) is 54.8 Å². The predicted octanol–water partition coefficient (Wildman–Crippen LogP) is 5.77. The highest BCUT2D eigenvalue weighted by Gasteiger charge is 2.22. The second kappa shape index (κ2) is 5.40. The number of allylic oxidation sites excluding steroid dienone is 2. The van der Waals surface area contributed by atoms with Crippen LogP contribution in [0, 0.1) is 0 Å². The van der Waals surface area contributed by atoms with Crippen LogP contribution in [0.1, 0.15) is 39.2 Å². The van der Waals surface area contributed by atoms with Crippen LogP contribution in [-0.2, 0) is 0 Å². The van der Waals surface area contributed by atoms with E-state index in [0.29, 0.717) is 0 Å². The van der Waals surface area contributed by atoms with Gasteiger partial charge >= 0.3 is 0 Å². The summed E-state index contributed by atoms with van der Waals surface area (Å²) < 4.78 is 0. The lowest BCUT2D eigenvalue weighted by molar-refractivity contribution is 0.555. The third-order valence-corrected chi connectivity index (χ3v) is 3.97. The SMILES string of the molecule is CC(C)(C)N1/C=C/CC/C=C/c2c1ccc1ccccc21. The summed E-state index contributed by atoms with van der Waals surface area (Å²) in [5.41, 5.74) is 2.68. The Bertz CT molecular complexity index is 701. The molecule has 0 amide bonds. The molecule has 1 aliphatic rings. The highest BCUT2D eigenvalue weighted by molar-refractivity contribution is 5.96. The van der Waals surface area contributed by atoms with E-state index in [1.165, 1.54) is 22.0 Å². The van der Waals surface area contributed by atoms with Crippen molar-refractivity contribution < 1.29 is 0 Å². The Morgan fingerprint density at radius 2 is 1.67 bits per heavy atom. The van der Waals surface area contributed by atoms with Crippen LogP contribution in [0.2, 0.25) is 0 Å². The lowest BCUT2D eigenvalue weighted by Gasteiger charge is -2.36.